The van der Waals surface area contributed by atoms with Gasteiger partial charge in [-0.2, -0.15) is 0 Å². The topological polar surface area (TPSA) is 209 Å². The Bertz CT molecular complexity index is 1970. The highest BCUT2D eigenvalue weighted by atomic mass is 79.9. The lowest BCUT2D eigenvalue weighted by Gasteiger charge is -2.28. The number of hydrogen-bond acceptors (Lipinski definition) is 14. The van der Waals surface area contributed by atoms with Gasteiger partial charge in [-0.15, -0.1) is 0 Å². The standard InChI is InChI=1S/C24H39N5O3.C17H27BrN4O2.C4H9BO2.C4H9NO/c1-24(2,3)18(23(31)25-4)16-20(30)22-19-17-27(5)9-7-11-29(19)21(26-22)8-6-10-28-12-14-32-15-13-28;1-17(2,3)11(15(24)19-4)9-13(23)14-12-10-21(5)7-6-8-22(12)16(18)20-14;1-2-3-4-5(6)7;1-3-6-4-2-5-1/h6,8,18H,7,9-17H2,1-5H3,(H,25,31);11H,6-10H2,1-5H3,(H,19,24);3-4,6-7H,2H2,1H3;5H,1-4H2/b8-6+;;4-3+;/t18-;11-;;/m11../s1. The minimum atomic E-state index is -1.28. The van der Waals surface area contributed by atoms with Crippen LogP contribution in [0.5, 0.6) is 0 Å². The van der Waals surface area contributed by atoms with E-state index in [-0.39, 0.29) is 53.0 Å². The molecule has 388 valence electrons. The molecule has 18 nitrogen and oxygen atoms in total. The Balaban J connectivity index is 0.000000296. The lowest BCUT2D eigenvalue weighted by Crippen LogP contribution is -2.37. The van der Waals surface area contributed by atoms with Crippen molar-refractivity contribution in [2.24, 2.45) is 22.7 Å². The molecule has 0 unspecified atom stereocenters. The van der Waals surface area contributed by atoms with E-state index in [1.807, 2.05) is 61.6 Å². The minimum absolute atomic E-state index is 0.0552. The summed E-state index contributed by atoms with van der Waals surface area (Å²) in [5, 5.41) is 24.9. The first-order valence-corrected chi connectivity index (χ1v) is 25.4. The number of ketones is 2. The Morgan fingerprint density at radius 2 is 1.22 bits per heavy atom. The quantitative estimate of drug-likeness (QED) is 0.142. The SMILES string of the molecule is C1COCCN1.CC/C=C/B(O)O.CNC(=O)[C@@H](CC(=O)c1nc(/C=C/CN2CCOCC2)n2c1CN(C)CCC2)C(C)(C)C.CNC(=O)[C@@H](CC(=O)c1nc(Br)n2c1CN(C)CCC2)C(C)(C)C. The fourth-order valence-corrected chi connectivity index (χ4v) is 8.93. The van der Waals surface area contributed by atoms with Gasteiger partial charge < -0.3 is 54.4 Å². The number of hydrogen-bond donors (Lipinski definition) is 5. The molecule has 2 aromatic heterocycles. The number of morpholine rings is 2. The summed E-state index contributed by atoms with van der Waals surface area (Å²) in [7, 11) is 6.08. The van der Waals surface area contributed by atoms with Crippen molar-refractivity contribution in [2.45, 2.75) is 107 Å². The van der Waals surface area contributed by atoms with Gasteiger partial charge in [-0.3, -0.25) is 24.1 Å². The van der Waals surface area contributed by atoms with Crippen molar-refractivity contribution < 1.29 is 38.7 Å². The summed E-state index contributed by atoms with van der Waals surface area (Å²) in [5.74, 6) is 1.06. The molecule has 6 heterocycles. The Labute approximate surface area is 420 Å². The number of Topliss-reactive ketones (excluding diaryl/α,β-unsaturated/α-hetero) is 2. The molecule has 0 saturated carbocycles. The number of rotatable bonds is 13. The molecule has 5 N–H and O–H groups in total. The summed E-state index contributed by atoms with van der Waals surface area (Å²) in [5.41, 5.74) is 2.31. The highest BCUT2D eigenvalue weighted by molar-refractivity contribution is 9.10. The van der Waals surface area contributed by atoms with Crippen LogP contribution in [0.25, 0.3) is 6.08 Å². The number of halogens is 1. The van der Waals surface area contributed by atoms with Crippen LogP contribution in [0.2, 0.25) is 0 Å². The summed E-state index contributed by atoms with van der Waals surface area (Å²) in [4.78, 5) is 67.1. The molecule has 2 amide bonds. The van der Waals surface area contributed by atoms with E-state index in [9.17, 15) is 19.2 Å². The summed E-state index contributed by atoms with van der Waals surface area (Å²) in [6, 6.07) is 0. The van der Waals surface area contributed by atoms with Gasteiger partial charge in [0.15, 0.2) is 16.3 Å². The molecule has 6 rings (SSSR count). The summed E-state index contributed by atoms with van der Waals surface area (Å²) in [6.45, 7) is 27.0. The Hall–Kier alpha value is -3.60. The number of fused-ring (bicyclic) bond motifs is 2. The minimum Gasteiger partial charge on any atom is -0.424 e. The summed E-state index contributed by atoms with van der Waals surface area (Å²) >= 11 is 3.48. The number of allylic oxidation sites excluding steroid dienone is 1. The van der Waals surface area contributed by atoms with Gasteiger partial charge in [0.05, 0.1) is 49.7 Å². The smallest absolute Gasteiger partial charge is 0.424 e. The van der Waals surface area contributed by atoms with Gasteiger partial charge in [0, 0.05) is 85.8 Å². The van der Waals surface area contributed by atoms with E-state index in [4.69, 9.17) is 24.5 Å². The van der Waals surface area contributed by atoms with Crippen LogP contribution in [-0.4, -0.2) is 175 Å². The van der Waals surface area contributed by atoms with E-state index in [1.165, 1.54) is 5.98 Å². The molecule has 4 aliphatic heterocycles. The van der Waals surface area contributed by atoms with Crippen LogP contribution in [0.4, 0.5) is 0 Å². The van der Waals surface area contributed by atoms with Crippen molar-refractivity contribution in [3.8, 4) is 0 Å². The van der Waals surface area contributed by atoms with Gasteiger partial charge in [0.2, 0.25) is 11.8 Å². The normalized spacial score (nSPS) is 18.1. The third-order valence-corrected chi connectivity index (χ3v) is 13.1. The number of ether oxygens (including phenoxy) is 2. The zero-order chi connectivity index (χ0) is 51.3. The van der Waals surface area contributed by atoms with Gasteiger partial charge in [-0.05, 0) is 79.3 Å². The molecule has 2 atom stereocenters. The van der Waals surface area contributed by atoms with E-state index >= 15 is 0 Å². The first-order chi connectivity index (χ1) is 32.6. The van der Waals surface area contributed by atoms with Crippen molar-refractivity contribution in [1.29, 1.82) is 0 Å². The van der Waals surface area contributed by atoms with Gasteiger partial charge >= 0.3 is 7.12 Å². The maximum atomic E-state index is 13.4. The number of nitrogens with zero attached hydrogens (tertiary/aromatic N) is 7. The van der Waals surface area contributed by atoms with Gasteiger partial charge in [0.1, 0.15) is 17.2 Å². The van der Waals surface area contributed by atoms with Crippen LogP contribution >= 0.6 is 15.9 Å². The molecule has 2 saturated heterocycles. The predicted molar refractivity (Wildman–Crippen MR) is 276 cm³/mol. The number of imidazole rings is 2. The number of amides is 2. The highest BCUT2D eigenvalue weighted by Crippen LogP contribution is 2.33. The zero-order valence-electron chi connectivity index (χ0n) is 43.5. The molecule has 2 fully saturated rings. The molecule has 0 aromatic carbocycles. The van der Waals surface area contributed by atoms with Crippen LogP contribution in [0.1, 0.15) is 119 Å². The second-order valence-corrected chi connectivity index (χ2v) is 20.9. The monoisotopic (exact) mass is 1030 g/mol. The van der Waals surface area contributed by atoms with E-state index in [0.717, 1.165) is 122 Å². The average Bonchev–Trinajstić information content (AvgIpc) is 3.61. The molecule has 0 radical (unpaired) electrons. The molecule has 0 spiro atoms. The van der Waals surface area contributed by atoms with Crippen LogP contribution in [-0.2, 0) is 45.2 Å². The number of aromatic nitrogens is 4. The van der Waals surface area contributed by atoms with Crippen molar-refractivity contribution in [1.82, 2.24) is 49.8 Å². The molecule has 0 bridgehead atoms. The molecule has 0 aliphatic carbocycles. The average molecular weight is 1030 g/mol. The molecule has 69 heavy (non-hydrogen) atoms. The van der Waals surface area contributed by atoms with Crippen molar-refractivity contribution in [3.63, 3.8) is 0 Å². The number of nitrogens with one attached hydrogen (secondary N) is 3. The first kappa shape index (κ1) is 59.7. The zero-order valence-corrected chi connectivity index (χ0v) is 45.1. The summed E-state index contributed by atoms with van der Waals surface area (Å²) in [6.07, 6.45) is 9.09. The van der Waals surface area contributed by atoms with E-state index in [2.05, 4.69) is 73.8 Å². The second-order valence-electron chi connectivity index (χ2n) is 20.2. The number of carbonyl (C=O) groups excluding carboxylic acids is 4. The molecular formula is C49H84BBrN10O8. The maximum Gasteiger partial charge on any atom is 0.480 e. The molecular weight excluding hydrogens is 947 g/mol. The van der Waals surface area contributed by atoms with Crippen molar-refractivity contribution >= 4 is 52.5 Å². The third-order valence-electron chi connectivity index (χ3n) is 12.5. The molecule has 4 aliphatic rings. The lowest BCUT2D eigenvalue weighted by atomic mass is 9.77. The Morgan fingerprint density at radius 1 is 0.739 bits per heavy atom. The van der Waals surface area contributed by atoms with Gasteiger partial charge in [-0.25, -0.2) is 9.97 Å². The van der Waals surface area contributed by atoms with Gasteiger partial charge in [0.25, 0.3) is 0 Å². The largest absolute Gasteiger partial charge is 0.480 e. The second kappa shape index (κ2) is 29.7. The third kappa shape index (κ3) is 19.9. The number of carbonyl (C=O) groups is 4. The van der Waals surface area contributed by atoms with Crippen LogP contribution < -0.4 is 16.0 Å². The fourth-order valence-electron chi connectivity index (χ4n) is 8.36. The fraction of sp³-hybridized carbons (Fsp3) is 0.714. The highest BCUT2D eigenvalue weighted by Gasteiger charge is 2.36. The van der Waals surface area contributed by atoms with Crippen molar-refractivity contribution in [3.05, 3.63) is 51.5 Å². The van der Waals surface area contributed by atoms with E-state index in [0.29, 0.717) is 29.2 Å². The predicted octanol–water partition coefficient (Wildman–Crippen LogP) is 4.08. The summed E-state index contributed by atoms with van der Waals surface area (Å²) < 4.78 is 15.4. The van der Waals surface area contributed by atoms with Gasteiger partial charge in [-0.1, -0.05) is 66.6 Å². The lowest BCUT2D eigenvalue weighted by molar-refractivity contribution is -0.128. The molecule has 2 aromatic rings. The van der Waals surface area contributed by atoms with Crippen LogP contribution in [0, 0.1) is 22.7 Å². The first-order valence-electron chi connectivity index (χ1n) is 24.6. The van der Waals surface area contributed by atoms with Crippen molar-refractivity contribution in [2.75, 3.05) is 100 Å². The van der Waals surface area contributed by atoms with E-state index < -0.39 is 13.0 Å². The van der Waals surface area contributed by atoms with Crippen LogP contribution in [0.3, 0.4) is 0 Å². The Kier molecular flexibility index (Phi) is 25.7. The maximum absolute atomic E-state index is 13.4. The van der Waals surface area contributed by atoms with E-state index in [1.54, 1.807) is 20.2 Å². The van der Waals surface area contributed by atoms with Crippen LogP contribution in [0.15, 0.2) is 22.9 Å². The Morgan fingerprint density at radius 3 is 1.64 bits per heavy atom. The molecule has 20 heteroatoms.